The molecule has 0 aromatic rings. The van der Waals surface area contributed by atoms with Gasteiger partial charge in [-0.25, -0.2) is 0 Å². The molecule has 0 heterocycles. The Morgan fingerprint density at radius 2 is 2.42 bits per heavy atom. The van der Waals surface area contributed by atoms with Crippen LogP contribution in [0, 0.1) is 0 Å². The van der Waals surface area contributed by atoms with Crippen LogP contribution in [0.3, 0.4) is 0 Å². The number of aliphatic carboxylic acids is 1. The molecule has 0 spiro atoms. The van der Waals surface area contributed by atoms with E-state index in [9.17, 15) is 4.79 Å². The van der Waals surface area contributed by atoms with Gasteiger partial charge in [-0.05, 0) is 12.8 Å². The molecule has 0 amide bonds. The van der Waals surface area contributed by atoms with E-state index >= 15 is 0 Å². The third kappa shape index (κ3) is 5.48. The summed E-state index contributed by atoms with van der Waals surface area (Å²) in [5.41, 5.74) is 9.94. The summed E-state index contributed by atoms with van der Waals surface area (Å²) in [7, 11) is 0. The Bertz CT molecular complexity index is 257. The number of aliphatic imine (C=N–C) groups is 1. The quantitative estimate of drug-likeness (QED) is 0.222. The zero-order valence-electron chi connectivity index (χ0n) is 9.53. The van der Waals surface area contributed by atoms with Crippen molar-refractivity contribution < 1.29 is 14.1 Å². The van der Waals surface area contributed by atoms with Crippen molar-refractivity contribution in [3.63, 3.8) is 0 Å². The zero-order chi connectivity index (χ0) is 12.1. The minimum Gasteiger partial charge on any atom is -0.480 e. The number of hydrogen-bond acceptors (Lipinski definition) is 3. The molecule has 0 radical (unpaired) electrons. The monoisotopic (exact) mass is 177 g/mol. The van der Waals surface area contributed by atoms with Crippen LogP contribution in [-0.2, 0) is 4.79 Å². The number of guanidine groups is 1. The van der Waals surface area contributed by atoms with Crippen LogP contribution in [0.4, 0.5) is 0 Å². The Morgan fingerprint density at radius 3 is 2.83 bits per heavy atom. The highest BCUT2D eigenvalue weighted by atomic mass is 16.4. The van der Waals surface area contributed by atoms with E-state index < -0.39 is 12.0 Å². The molecule has 7 N–H and O–H groups in total. The third-order valence-corrected chi connectivity index (χ3v) is 1.11. The maximum atomic E-state index is 10.6. The summed E-state index contributed by atoms with van der Waals surface area (Å²) in [5.74, 6) is -1.66. The summed E-state index contributed by atoms with van der Waals surface area (Å²) in [6.07, 6.45) is 0.00801. The highest BCUT2D eigenvalue weighted by molar-refractivity contribution is 5.75. The van der Waals surface area contributed by atoms with E-state index in [-0.39, 0.29) is 31.1 Å². The predicted molar refractivity (Wildman–Crippen MR) is 45.5 cm³/mol. The Labute approximate surface area is 74.8 Å². The number of rotatable bonds is 6. The lowest BCUT2D eigenvalue weighted by Crippen LogP contribution is -2.30. The van der Waals surface area contributed by atoms with Gasteiger partial charge < -0.3 is 22.3 Å². The van der Waals surface area contributed by atoms with Gasteiger partial charge in [0.05, 0.1) is 1.37 Å². The van der Waals surface area contributed by atoms with Crippen molar-refractivity contribution in [3.8, 4) is 0 Å². The first kappa shape index (κ1) is 6.24. The van der Waals surface area contributed by atoms with Crippen molar-refractivity contribution in [2.75, 3.05) is 6.54 Å². The van der Waals surface area contributed by atoms with Crippen molar-refractivity contribution in [3.05, 3.63) is 0 Å². The van der Waals surface area contributed by atoms with Gasteiger partial charge in [0.1, 0.15) is 8.84 Å². The van der Waals surface area contributed by atoms with Crippen LogP contribution >= 0.6 is 0 Å². The van der Waals surface area contributed by atoms with Gasteiger partial charge in [-0.15, -0.1) is 0 Å². The summed E-state index contributed by atoms with van der Waals surface area (Å²) in [6.45, 7) is 0.171. The Hall–Kier alpha value is -1.30. The van der Waals surface area contributed by atoms with Crippen LogP contribution in [0.1, 0.15) is 14.2 Å². The van der Waals surface area contributed by atoms with E-state index in [0.717, 1.165) is 0 Å². The maximum absolute atomic E-state index is 10.6. The summed E-state index contributed by atoms with van der Waals surface area (Å²) < 4.78 is 21.0. The highest BCUT2D eigenvalue weighted by Crippen LogP contribution is 1.94. The molecule has 0 saturated heterocycles. The van der Waals surface area contributed by atoms with Gasteiger partial charge >= 0.3 is 5.97 Å². The topological polar surface area (TPSA) is 128 Å². The second-order valence-corrected chi connectivity index (χ2v) is 2.16. The first-order valence-corrected chi connectivity index (χ1v) is 3.37. The van der Waals surface area contributed by atoms with Crippen LogP contribution in [0.2, 0.25) is 2.82 Å². The van der Waals surface area contributed by atoms with Crippen LogP contribution in [-0.4, -0.2) is 29.6 Å². The van der Waals surface area contributed by atoms with Gasteiger partial charge in [-0.1, -0.05) is 0 Å². The van der Waals surface area contributed by atoms with E-state index in [4.69, 9.17) is 20.8 Å². The lowest BCUT2D eigenvalue weighted by molar-refractivity contribution is -0.138. The molecule has 6 nitrogen and oxygen atoms in total. The minimum absolute atomic E-state index is 0.116. The van der Waals surface area contributed by atoms with Gasteiger partial charge in [-0.2, -0.15) is 0 Å². The number of nitrogens with two attached hydrogens (primary N) is 3. The largest absolute Gasteiger partial charge is 0.480 e. The number of nitrogens with zero attached hydrogens (tertiary/aromatic N) is 1. The van der Waals surface area contributed by atoms with Gasteiger partial charge in [0.2, 0.25) is 0 Å². The Morgan fingerprint density at radius 1 is 1.75 bits per heavy atom. The molecule has 6 heteroatoms. The predicted octanol–water partition coefficient (Wildman–Crippen LogP) is -1.55. The molecule has 0 rings (SSSR count). The lowest BCUT2D eigenvalue weighted by Gasteiger charge is -2.03. The second-order valence-electron chi connectivity index (χ2n) is 2.16. The molecule has 0 saturated carbocycles. The molecule has 0 bridgehead atoms. The average molecular weight is 177 g/mol. The molecule has 0 aromatic heterocycles. The molecule has 1 atom stereocenters. The van der Waals surface area contributed by atoms with Crippen molar-refractivity contribution in [1.82, 2.24) is 0 Å². The summed E-state index contributed by atoms with van der Waals surface area (Å²) in [4.78, 5) is 14.2. The van der Waals surface area contributed by atoms with Crippen molar-refractivity contribution in [2.24, 2.45) is 22.2 Å². The van der Waals surface area contributed by atoms with Crippen molar-refractivity contribution in [1.29, 1.82) is 0 Å². The van der Waals surface area contributed by atoms with Crippen LogP contribution < -0.4 is 17.2 Å². The second kappa shape index (κ2) is 5.36. The molecule has 0 unspecified atom stereocenters. The van der Waals surface area contributed by atoms with E-state index in [1.165, 1.54) is 0 Å². The molecule has 0 aliphatic heterocycles. The van der Waals surface area contributed by atoms with Gasteiger partial charge in [0, 0.05) is 6.54 Å². The molecule has 12 heavy (non-hydrogen) atoms. The van der Waals surface area contributed by atoms with Gasteiger partial charge in [-0.3, -0.25) is 9.79 Å². The number of hydrogen-bond donors (Lipinski definition) is 4. The van der Waals surface area contributed by atoms with E-state index in [1.807, 2.05) is 0 Å². The molecule has 0 aliphatic rings. The van der Waals surface area contributed by atoms with Crippen molar-refractivity contribution in [2.45, 2.75) is 18.9 Å². The van der Waals surface area contributed by atoms with E-state index in [1.54, 1.807) is 0 Å². The summed E-state index contributed by atoms with van der Waals surface area (Å²) >= 11 is 0. The molecule has 0 aromatic carbocycles. The summed E-state index contributed by atoms with van der Waals surface area (Å²) in [5, 5.41) is 8.66. The van der Waals surface area contributed by atoms with Crippen molar-refractivity contribution >= 4 is 11.9 Å². The lowest BCUT2D eigenvalue weighted by atomic mass is 10.2. The normalized spacial score (nSPS) is 18.6. The van der Waals surface area contributed by atoms with Crippen LogP contribution in [0.5, 0.6) is 0 Å². The fraction of sp³-hybridized carbons (Fsp3) is 0.667. The van der Waals surface area contributed by atoms with E-state index in [2.05, 4.69) is 4.99 Å². The first-order valence-electron chi connectivity index (χ1n) is 4.77. The molecule has 0 aliphatic carbocycles. The standard InChI is InChI=1S/C6H14N4O2/c7-4(5(11)12)2-1-3-10-6(8)9/h4H,1-3,7H2,(H,11,12)(H4,8,9,10)/t4-/m0/s1/i4D/hD2. The Kier molecular flexibility index (Phi) is 2.79. The van der Waals surface area contributed by atoms with Gasteiger partial charge in [0.15, 0.2) is 5.96 Å². The Balaban J connectivity index is 4.21. The molecule has 0 fully saturated rings. The summed E-state index contributed by atoms with van der Waals surface area (Å²) in [6, 6.07) is -2.28. The van der Waals surface area contributed by atoms with E-state index in [0.29, 0.717) is 0 Å². The zero-order valence-corrected chi connectivity index (χ0v) is 6.53. The van der Waals surface area contributed by atoms with Crippen LogP contribution in [0.25, 0.3) is 0 Å². The average Bonchev–Trinajstić information content (AvgIpc) is 2.10. The minimum atomic E-state index is -2.28. The maximum Gasteiger partial charge on any atom is 0.320 e. The molecular formula is C6H14N4O2. The fourth-order valence-corrected chi connectivity index (χ4v) is 0.562. The molecule has 70 valence electrons. The number of carboxylic acid groups (broad SMARTS) is 1. The number of carbonyl (C=O) groups is 1. The SMILES string of the molecule is [2H]N([2H])[C@@]([2H])(CCCN=C(N)N)C(=O)O. The third-order valence-electron chi connectivity index (χ3n) is 1.11. The fourth-order valence-electron chi connectivity index (χ4n) is 0.562. The first-order chi connectivity index (χ1) is 6.80. The van der Waals surface area contributed by atoms with Gasteiger partial charge in [0.25, 0.3) is 0 Å². The van der Waals surface area contributed by atoms with Crippen LogP contribution in [0.15, 0.2) is 4.99 Å². The highest BCUT2D eigenvalue weighted by Gasteiger charge is 2.09. The smallest absolute Gasteiger partial charge is 0.320 e. The number of carboxylic acids is 1. The molecular weight excluding hydrogens is 160 g/mol.